The van der Waals surface area contributed by atoms with E-state index in [0.29, 0.717) is 50.9 Å². The summed E-state index contributed by atoms with van der Waals surface area (Å²) in [5, 5.41) is 57.0. The van der Waals surface area contributed by atoms with Gasteiger partial charge in [-0.25, -0.2) is 18.9 Å². The van der Waals surface area contributed by atoms with Crippen molar-refractivity contribution in [3.05, 3.63) is 71.0 Å². The molecule has 24 heteroatoms. The molecular formula is C58H89FN8O14S. The number of urea groups is 1. The van der Waals surface area contributed by atoms with Crippen molar-refractivity contribution in [3.63, 3.8) is 0 Å². The average Bonchev–Trinajstić information content (AvgIpc) is 3.48. The summed E-state index contributed by atoms with van der Waals surface area (Å²) in [5.74, 6) is -7.43. The van der Waals surface area contributed by atoms with Gasteiger partial charge in [-0.3, -0.25) is 43.8 Å². The fraction of sp³-hybridized carbons (Fsp3) is 0.638. The molecule has 82 heavy (non-hydrogen) atoms. The number of nitrogens with one attached hydrogen (secondary N) is 4. The first kappa shape index (κ1) is 70.2. The fourth-order valence-electron chi connectivity index (χ4n) is 9.78. The molecule has 458 valence electrons. The van der Waals surface area contributed by atoms with Gasteiger partial charge in [0.25, 0.3) is 0 Å². The lowest BCUT2D eigenvalue weighted by Gasteiger charge is -2.38. The largest absolute Gasteiger partial charge is 0.481 e. The minimum absolute atomic E-state index is 0.00229. The summed E-state index contributed by atoms with van der Waals surface area (Å²) in [5.41, 5.74) is 2.73. The van der Waals surface area contributed by atoms with E-state index in [1.807, 2.05) is 0 Å². The molecule has 2 aromatic rings. The van der Waals surface area contributed by atoms with Crippen LogP contribution in [-0.2, 0) is 57.7 Å². The highest BCUT2D eigenvalue weighted by atomic mass is 32.1. The Morgan fingerprint density at radius 1 is 0.646 bits per heavy atom. The Morgan fingerprint density at radius 3 is 1.89 bits per heavy atom. The fourth-order valence-corrected chi connectivity index (χ4v) is 10.1. The highest BCUT2D eigenvalue weighted by Crippen LogP contribution is 2.19. The van der Waals surface area contributed by atoms with Crippen molar-refractivity contribution in [2.75, 3.05) is 91.7 Å². The normalized spacial score (nSPS) is 16.1. The maximum Gasteiger partial charge on any atom is 0.326 e. The van der Waals surface area contributed by atoms with Gasteiger partial charge in [-0.15, -0.1) is 0 Å². The molecule has 0 aliphatic carbocycles. The van der Waals surface area contributed by atoms with Crippen molar-refractivity contribution in [1.82, 2.24) is 40.9 Å². The number of hydrogen-bond acceptors (Lipinski definition) is 15. The smallest absolute Gasteiger partial charge is 0.326 e. The molecule has 1 heterocycles. The number of benzene rings is 2. The number of carbonyl (C=O) groups is 8. The number of ketones is 1. The maximum atomic E-state index is 13.9. The summed E-state index contributed by atoms with van der Waals surface area (Å²) in [6.07, 6.45) is 4.57. The van der Waals surface area contributed by atoms with Crippen LogP contribution in [0, 0.1) is 11.7 Å². The van der Waals surface area contributed by atoms with E-state index < -0.39 is 78.3 Å². The second kappa shape index (κ2) is 40.2. The van der Waals surface area contributed by atoms with Gasteiger partial charge in [-0.05, 0) is 111 Å². The number of carboxylic acids is 4. The third-order valence-corrected chi connectivity index (χ3v) is 15.0. The number of rotatable bonds is 39. The Bertz CT molecular complexity index is 2300. The number of amides is 4. The number of likely N-dealkylation sites (N-methyl/N-ethyl adjacent to an activating group) is 2. The molecule has 0 spiro atoms. The summed E-state index contributed by atoms with van der Waals surface area (Å²) >= 11 is 5.80. The molecule has 1 aliphatic heterocycles. The Morgan fingerprint density at radius 2 is 1.26 bits per heavy atom. The summed E-state index contributed by atoms with van der Waals surface area (Å²) in [6.45, 7) is 12.1. The van der Waals surface area contributed by atoms with E-state index in [9.17, 15) is 58.1 Å². The maximum absolute atomic E-state index is 13.9. The number of hydrogen-bond donors (Lipinski definition) is 9. The molecule has 3 rings (SSSR count). The van der Waals surface area contributed by atoms with Crippen LogP contribution in [0.2, 0.25) is 0 Å². The van der Waals surface area contributed by atoms with Crippen LogP contribution in [-0.4, -0.2) is 207 Å². The van der Waals surface area contributed by atoms with E-state index >= 15 is 0 Å². The van der Waals surface area contributed by atoms with Crippen LogP contribution < -0.4 is 21.3 Å². The number of carbonyl (C=O) groups excluding carboxylic acids is 4. The van der Waals surface area contributed by atoms with Crippen LogP contribution in [0.1, 0.15) is 120 Å². The van der Waals surface area contributed by atoms with Crippen LogP contribution in [0.5, 0.6) is 0 Å². The van der Waals surface area contributed by atoms with E-state index in [-0.39, 0.29) is 89.6 Å². The summed E-state index contributed by atoms with van der Waals surface area (Å²) in [7, 11) is 0. The van der Waals surface area contributed by atoms with Gasteiger partial charge >= 0.3 is 29.9 Å². The van der Waals surface area contributed by atoms with Crippen molar-refractivity contribution < 1.29 is 73.3 Å². The molecule has 9 N–H and O–H groups in total. The summed E-state index contributed by atoms with van der Waals surface area (Å²) < 4.78 is 13.8. The van der Waals surface area contributed by atoms with Crippen molar-refractivity contribution >= 4 is 64.6 Å². The van der Waals surface area contributed by atoms with Crippen LogP contribution in [0.3, 0.4) is 0 Å². The van der Waals surface area contributed by atoms with E-state index in [1.54, 1.807) is 0 Å². The summed E-state index contributed by atoms with van der Waals surface area (Å²) in [6, 6.07) is 10.6. The molecular weight excluding hydrogens is 1080 g/mol. The lowest BCUT2D eigenvalue weighted by Crippen LogP contribution is -2.52. The first-order valence-corrected chi connectivity index (χ1v) is 29.2. The Kier molecular flexibility index (Phi) is 34.5. The van der Waals surface area contributed by atoms with Gasteiger partial charge in [-0.2, -0.15) is 0 Å². The predicted molar refractivity (Wildman–Crippen MR) is 310 cm³/mol. The molecule has 22 nitrogen and oxygen atoms in total. The van der Waals surface area contributed by atoms with Crippen molar-refractivity contribution in [3.8, 4) is 0 Å². The molecule has 1 unspecified atom stereocenters. The number of Topliss-reactive ketones (excluding diaryl/α,β-unsaturated/α-hetero) is 1. The van der Waals surface area contributed by atoms with Gasteiger partial charge in [0.05, 0.1) is 19.2 Å². The highest BCUT2D eigenvalue weighted by Gasteiger charge is 2.30. The molecule has 2 aromatic carbocycles. The van der Waals surface area contributed by atoms with Gasteiger partial charge in [-0.1, -0.05) is 75.3 Å². The first-order valence-electron chi connectivity index (χ1n) is 28.8. The topological polar surface area (TPSA) is 308 Å². The minimum atomic E-state index is -1.29. The Balaban J connectivity index is 1.52. The molecule has 1 saturated heterocycles. The molecule has 4 atom stereocenters. The zero-order valence-electron chi connectivity index (χ0n) is 47.8. The lowest BCUT2D eigenvalue weighted by molar-refractivity contribution is -0.244. The number of carboxylic acid groups (broad SMARTS) is 4. The Labute approximate surface area is 486 Å². The number of nitrogens with zero attached hydrogens (tertiary/aromatic N) is 4. The second-order valence-corrected chi connectivity index (χ2v) is 21.6. The van der Waals surface area contributed by atoms with Gasteiger partial charge in [0.1, 0.15) is 11.9 Å². The molecule has 1 fully saturated rings. The second-order valence-electron chi connectivity index (χ2n) is 21.0. The van der Waals surface area contributed by atoms with Crippen molar-refractivity contribution in [2.45, 2.75) is 141 Å². The summed E-state index contributed by atoms with van der Waals surface area (Å²) in [4.78, 5) is 113. The average molecular weight is 1170 g/mol. The van der Waals surface area contributed by atoms with Gasteiger partial charge in [0.2, 0.25) is 11.8 Å². The number of halogens is 1. The zero-order chi connectivity index (χ0) is 60.2. The Hall–Kier alpha value is -6.02. The van der Waals surface area contributed by atoms with E-state index in [0.717, 1.165) is 81.1 Å². The predicted octanol–water partition coefficient (Wildman–Crippen LogP) is 4.90. The standard InChI is InChI=1S/C58H89FN8O14S/c1-3-64-28-30-65(4-2)40-47(67(41-55(74)75)33-32-66(31-29-64)34-35-81-80)36-42-16-18-43(19-17-42)37-48(82)12-7-5-6-8-14-52(69)62-50(38-44-20-23-46(59)24-21-44)51(68)39-45(22-25-54(72)73)56(76)60-26-10-9-13-49(57(77)78)63-58(79)61-27-11-15-53(70)71/h16-21,23-24,45,47,49-50,80H,3-15,22,25-41H2,1-2H3,(H,60,76)(H,62,69)(H,70,71)(H,72,73)(H,74,75)(H,77,78)(H2,61,63,79)/t45-,47?,49+,50+/m1/s1. The molecule has 4 amide bonds. The molecule has 0 saturated carbocycles. The van der Waals surface area contributed by atoms with E-state index in [4.69, 9.17) is 22.6 Å². The van der Waals surface area contributed by atoms with Gasteiger partial charge < -0.3 is 51.5 Å². The van der Waals surface area contributed by atoms with Gasteiger partial charge in [0.15, 0.2) is 5.78 Å². The SMILES string of the molecule is CCN1CCN(CCOO)CCN(CC(=O)O)C(Cc2ccc(CC(=S)CCCCCCC(=O)N[C@@H](Cc3ccc(F)cc3)C(=O)C[C@@H](CCC(=O)O)C(=O)NCCCC[C@H](NC(=O)NCCCC(=O)O)C(=O)O)cc2)CN(CC)CC1. The number of thiocarbonyl (C=S) groups is 1. The van der Waals surface area contributed by atoms with Crippen LogP contribution in [0.4, 0.5) is 9.18 Å². The number of unbranched alkanes of at least 4 members (excludes halogenated alkanes) is 4. The zero-order valence-corrected chi connectivity index (χ0v) is 48.7. The van der Waals surface area contributed by atoms with Crippen molar-refractivity contribution in [1.29, 1.82) is 0 Å². The van der Waals surface area contributed by atoms with Crippen molar-refractivity contribution in [2.24, 2.45) is 5.92 Å². The quantitative estimate of drug-likeness (QED) is 0.0186. The van der Waals surface area contributed by atoms with E-state index in [2.05, 4.69) is 83.9 Å². The number of aliphatic carboxylic acids is 4. The monoisotopic (exact) mass is 1170 g/mol. The molecule has 1 aliphatic rings. The minimum Gasteiger partial charge on any atom is -0.481 e. The van der Waals surface area contributed by atoms with Gasteiger partial charge in [0, 0.05) is 110 Å². The van der Waals surface area contributed by atoms with E-state index in [1.165, 1.54) is 24.3 Å². The third-order valence-electron chi connectivity index (χ3n) is 14.7. The molecule has 0 radical (unpaired) electrons. The third kappa shape index (κ3) is 30.3. The first-order chi connectivity index (χ1) is 39.3. The van der Waals surface area contributed by atoms with Crippen LogP contribution in [0.25, 0.3) is 0 Å². The molecule has 0 bridgehead atoms. The van der Waals surface area contributed by atoms with Crippen LogP contribution in [0.15, 0.2) is 48.5 Å². The highest BCUT2D eigenvalue weighted by molar-refractivity contribution is 7.80. The lowest BCUT2D eigenvalue weighted by atomic mass is 9.91. The van der Waals surface area contributed by atoms with Crippen LogP contribution >= 0.6 is 12.2 Å². The molecule has 0 aromatic heterocycles.